The van der Waals surface area contributed by atoms with E-state index >= 15 is 0 Å². The van der Waals surface area contributed by atoms with Gasteiger partial charge in [-0.2, -0.15) is 0 Å². The summed E-state index contributed by atoms with van der Waals surface area (Å²) in [7, 11) is 0. The van der Waals surface area contributed by atoms with Crippen molar-refractivity contribution in [2.45, 2.75) is 77.6 Å². The molecule has 0 bridgehead atoms. The van der Waals surface area contributed by atoms with Crippen molar-refractivity contribution in [2.24, 2.45) is 0 Å². The van der Waals surface area contributed by atoms with Crippen LogP contribution in [0.25, 0.3) is 0 Å². The predicted molar refractivity (Wildman–Crippen MR) is 64.5 cm³/mol. The fraction of sp³-hybridized carbons (Fsp3) is 0.857. The van der Waals surface area contributed by atoms with E-state index in [9.17, 15) is 0 Å². The highest BCUT2D eigenvalue weighted by Crippen LogP contribution is 2.22. The summed E-state index contributed by atoms with van der Waals surface area (Å²) in [5.41, 5.74) is 1.76. The molecule has 0 heterocycles. The van der Waals surface area contributed by atoms with Crippen LogP contribution in [0.4, 0.5) is 0 Å². The molecule has 0 saturated heterocycles. The fourth-order valence-corrected chi connectivity index (χ4v) is 2.26. The standard InChI is InChI=1S/C14H26/c1-2-3-4-8-11-14-12-9-6-5-7-10-13-14/h11H,2-10,12-13H2,1H3. The van der Waals surface area contributed by atoms with Crippen molar-refractivity contribution in [3.63, 3.8) is 0 Å². The molecule has 0 aromatic rings. The molecule has 0 unspecified atom stereocenters. The Bertz CT molecular complexity index is 145. The Morgan fingerprint density at radius 3 is 2.21 bits per heavy atom. The lowest BCUT2D eigenvalue weighted by atomic mass is 9.95. The molecule has 0 aromatic heterocycles. The third-order valence-electron chi connectivity index (χ3n) is 3.24. The number of hydrogen-bond acceptors (Lipinski definition) is 0. The van der Waals surface area contributed by atoms with Crippen molar-refractivity contribution >= 4 is 0 Å². The zero-order valence-corrected chi connectivity index (χ0v) is 9.86. The minimum Gasteiger partial charge on any atom is -0.0853 e. The number of unbranched alkanes of at least 4 members (excludes halogenated alkanes) is 3. The first-order valence-corrected chi connectivity index (χ1v) is 6.61. The molecule has 0 heteroatoms. The molecule has 0 aliphatic heterocycles. The minimum atomic E-state index is 1.34. The van der Waals surface area contributed by atoms with Crippen molar-refractivity contribution < 1.29 is 0 Å². The number of hydrogen-bond donors (Lipinski definition) is 0. The summed E-state index contributed by atoms with van der Waals surface area (Å²) in [6, 6.07) is 0. The molecular weight excluding hydrogens is 168 g/mol. The predicted octanol–water partition coefficient (Wildman–Crippen LogP) is 5.24. The average molecular weight is 194 g/mol. The van der Waals surface area contributed by atoms with Crippen molar-refractivity contribution in [3.05, 3.63) is 11.6 Å². The maximum Gasteiger partial charge on any atom is -0.0320 e. The van der Waals surface area contributed by atoms with Gasteiger partial charge in [-0.3, -0.25) is 0 Å². The van der Waals surface area contributed by atoms with Crippen LogP contribution in [0.1, 0.15) is 77.6 Å². The molecule has 1 aliphatic carbocycles. The van der Waals surface area contributed by atoms with Crippen LogP contribution in [0.3, 0.4) is 0 Å². The molecule has 1 saturated carbocycles. The Labute approximate surface area is 89.8 Å². The van der Waals surface area contributed by atoms with Gasteiger partial charge in [-0.25, -0.2) is 0 Å². The maximum absolute atomic E-state index is 2.54. The Morgan fingerprint density at radius 2 is 1.57 bits per heavy atom. The largest absolute Gasteiger partial charge is 0.0853 e. The zero-order chi connectivity index (χ0) is 10.1. The third-order valence-corrected chi connectivity index (χ3v) is 3.24. The molecule has 1 aliphatic rings. The molecule has 0 radical (unpaired) electrons. The van der Waals surface area contributed by atoms with E-state index in [1.165, 1.54) is 70.6 Å². The van der Waals surface area contributed by atoms with Gasteiger partial charge in [0.15, 0.2) is 0 Å². The van der Waals surface area contributed by atoms with E-state index in [1.54, 1.807) is 5.57 Å². The van der Waals surface area contributed by atoms with E-state index in [2.05, 4.69) is 13.0 Å². The van der Waals surface area contributed by atoms with Crippen LogP contribution < -0.4 is 0 Å². The molecule has 0 aromatic carbocycles. The second kappa shape index (κ2) is 8.08. The topological polar surface area (TPSA) is 0 Å². The van der Waals surface area contributed by atoms with Gasteiger partial charge in [-0.05, 0) is 38.5 Å². The van der Waals surface area contributed by atoms with Gasteiger partial charge in [-0.15, -0.1) is 0 Å². The normalized spacial score (nSPS) is 18.8. The molecule has 82 valence electrons. The second-order valence-corrected chi connectivity index (χ2v) is 4.63. The van der Waals surface area contributed by atoms with Gasteiger partial charge in [0.25, 0.3) is 0 Å². The van der Waals surface area contributed by atoms with Crippen molar-refractivity contribution in [1.29, 1.82) is 0 Å². The number of allylic oxidation sites excluding steroid dienone is 2. The molecule has 1 rings (SSSR count). The van der Waals surface area contributed by atoms with Crippen molar-refractivity contribution in [3.8, 4) is 0 Å². The van der Waals surface area contributed by atoms with E-state index in [4.69, 9.17) is 0 Å². The third kappa shape index (κ3) is 5.47. The maximum atomic E-state index is 2.54. The summed E-state index contributed by atoms with van der Waals surface area (Å²) >= 11 is 0. The second-order valence-electron chi connectivity index (χ2n) is 4.63. The Hall–Kier alpha value is -0.260. The van der Waals surface area contributed by atoms with Gasteiger partial charge in [0.1, 0.15) is 0 Å². The zero-order valence-electron chi connectivity index (χ0n) is 9.86. The van der Waals surface area contributed by atoms with E-state index in [1.807, 2.05) is 0 Å². The Morgan fingerprint density at radius 1 is 0.929 bits per heavy atom. The lowest BCUT2D eigenvalue weighted by molar-refractivity contribution is 0.566. The van der Waals surface area contributed by atoms with E-state index in [0.717, 1.165) is 0 Å². The highest BCUT2D eigenvalue weighted by molar-refractivity contribution is 5.02. The van der Waals surface area contributed by atoms with Crippen LogP contribution in [-0.4, -0.2) is 0 Å². The summed E-state index contributed by atoms with van der Waals surface area (Å²) in [4.78, 5) is 0. The van der Waals surface area contributed by atoms with Gasteiger partial charge in [-0.1, -0.05) is 50.7 Å². The van der Waals surface area contributed by atoms with Crippen LogP contribution in [-0.2, 0) is 0 Å². The van der Waals surface area contributed by atoms with Gasteiger partial charge in [0, 0.05) is 0 Å². The molecule has 0 N–H and O–H groups in total. The Kier molecular flexibility index (Phi) is 6.82. The highest BCUT2D eigenvalue weighted by Gasteiger charge is 2.02. The molecule has 0 atom stereocenters. The van der Waals surface area contributed by atoms with E-state index in [-0.39, 0.29) is 0 Å². The molecule has 1 fully saturated rings. The van der Waals surface area contributed by atoms with Crippen LogP contribution >= 0.6 is 0 Å². The average Bonchev–Trinajstić information content (AvgIpc) is 2.15. The van der Waals surface area contributed by atoms with Gasteiger partial charge in [0.05, 0.1) is 0 Å². The number of rotatable bonds is 4. The van der Waals surface area contributed by atoms with Gasteiger partial charge < -0.3 is 0 Å². The van der Waals surface area contributed by atoms with Crippen LogP contribution in [0.15, 0.2) is 11.6 Å². The summed E-state index contributed by atoms with van der Waals surface area (Å²) in [6.45, 7) is 2.28. The highest BCUT2D eigenvalue weighted by atomic mass is 14.1. The van der Waals surface area contributed by atoms with Crippen molar-refractivity contribution in [1.82, 2.24) is 0 Å². The quantitative estimate of drug-likeness (QED) is 0.424. The van der Waals surface area contributed by atoms with Crippen molar-refractivity contribution in [2.75, 3.05) is 0 Å². The molecular formula is C14H26. The smallest absolute Gasteiger partial charge is 0.0320 e. The minimum absolute atomic E-state index is 1.34. The summed E-state index contributed by atoms with van der Waals surface area (Å²) in [5.74, 6) is 0. The van der Waals surface area contributed by atoms with Gasteiger partial charge in [0.2, 0.25) is 0 Å². The molecule has 14 heavy (non-hydrogen) atoms. The van der Waals surface area contributed by atoms with Crippen LogP contribution in [0.2, 0.25) is 0 Å². The summed E-state index contributed by atoms with van der Waals surface area (Å²) in [5, 5.41) is 0. The monoisotopic (exact) mass is 194 g/mol. The van der Waals surface area contributed by atoms with Crippen LogP contribution in [0, 0.1) is 0 Å². The fourth-order valence-electron chi connectivity index (χ4n) is 2.26. The Balaban J connectivity index is 2.17. The van der Waals surface area contributed by atoms with Gasteiger partial charge >= 0.3 is 0 Å². The molecule has 0 nitrogen and oxygen atoms in total. The first-order valence-electron chi connectivity index (χ1n) is 6.61. The van der Waals surface area contributed by atoms with E-state index in [0.29, 0.717) is 0 Å². The molecule has 0 amide bonds. The first kappa shape index (κ1) is 11.8. The lowest BCUT2D eigenvalue weighted by Crippen LogP contribution is -1.91. The molecule has 0 spiro atoms. The lowest BCUT2D eigenvalue weighted by Gasteiger charge is -2.11. The summed E-state index contributed by atoms with van der Waals surface area (Å²) < 4.78 is 0. The van der Waals surface area contributed by atoms with E-state index < -0.39 is 0 Å². The van der Waals surface area contributed by atoms with Crippen LogP contribution in [0.5, 0.6) is 0 Å². The SMILES string of the molecule is CCCCCC=C1CCCCCCC1. The first-order chi connectivity index (χ1) is 6.93. The summed E-state index contributed by atoms with van der Waals surface area (Å²) in [6.07, 6.45) is 18.1.